The van der Waals surface area contributed by atoms with Crippen molar-refractivity contribution in [3.63, 3.8) is 0 Å². The summed E-state index contributed by atoms with van der Waals surface area (Å²) in [5.74, 6) is 0. The molecule has 1 rings (SSSR count). The first-order valence-corrected chi connectivity index (χ1v) is 3.91. The molecule has 54 valence electrons. The van der Waals surface area contributed by atoms with Crippen LogP contribution in [-0.2, 0) is 0 Å². The summed E-state index contributed by atoms with van der Waals surface area (Å²) < 4.78 is 0. The molecule has 0 bridgehead atoms. The van der Waals surface area contributed by atoms with Gasteiger partial charge in [-0.1, -0.05) is 6.92 Å². The molecule has 0 aromatic carbocycles. The lowest BCUT2D eigenvalue weighted by atomic mass is 10.0. The molecular formula is C8H17N. The standard InChI is InChI=1S/C8H17N/c1-8(5-6-8)4-3-7-9-2/h9H,3-7H2,1-2H3. The summed E-state index contributed by atoms with van der Waals surface area (Å²) in [6.45, 7) is 3.58. The molecule has 0 heterocycles. The van der Waals surface area contributed by atoms with Gasteiger partial charge in [0.25, 0.3) is 0 Å². The van der Waals surface area contributed by atoms with Gasteiger partial charge in [-0.05, 0) is 44.7 Å². The van der Waals surface area contributed by atoms with Gasteiger partial charge in [-0.2, -0.15) is 0 Å². The van der Waals surface area contributed by atoms with Crippen molar-refractivity contribution < 1.29 is 0 Å². The Kier molecular flexibility index (Phi) is 2.12. The summed E-state index contributed by atoms with van der Waals surface area (Å²) in [6, 6.07) is 0. The molecule has 0 aromatic rings. The Morgan fingerprint density at radius 3 is 2.56 bits per heavy atom. The maximum Gasteiger partial charge on any atom is -0.00517 e. The molecule has 0 amide bonds. The summed E-state index contributed by atoms with van der Waals surface area (Å²) in [5.41, 5.74) is 0.761. The summed E-state index contributed by atoms with van der Waals surface area (Å²) in [4.78, 5) is 0. The van der Waals surface area contributed by atoms with Crippen molar-refractivity contribution in [1.82, 2.24) is 5.32 Å². The number of nitrogens with one attached hydrogen (secondary N) is 1. The Labute approximate surface area is 57.8 Å². The molecule has 1 aliphatic rings. The highest BCUT2D eigenvalue weighted by molar-refractivity contribution is 4.87. The lowest BCUT2D eigenvalue weighted by molar-refractivity contribution is 0.487. The second-order valence-electron chi connectivity index (χ2n) is 3.52. The summed E-state index contributed by atoms with van der Waals surface area (Å²) in [5, 5.41) is 3.17. The molecule has 0 aromatic heterocycles. The van der Waals surface area contributed by atoms with Crippen LogP contribution in [0.2, 0.25) is 0 Å². The molecule has 1 fully saturated rings. The Hall–Kier alpha value is -0.0400. The molecule has 0 atom stereocenters. The van der Waals surface area contributed by atoms with Gasteiger partial charge >= 0.3 is 0 Å². The molecule has 1 nitrogen and oxygen atoms in total. The van der Waals surface area contributed by atoms with Crippen LogP contribution in [0.5, 0.6) is 0 Å². The van der Waals surface area contributed by atoms with Gasteiger partial charge in [0.05, 0.1) is 0 Å². The summed E-state index contributed by atoms with van der Waals surface area (Å²) >= 11 is 0. The van der Waals surface area contributed by atoms with Gasteiger partial charge in [0.2, 0.25) is 0 Å². The fourth-order valence-electron chi connectivity index (χ4n) is 1.16. The predicted molar refractivity (Wildman–Crippen MR) is 40.5 cm³/mol. The highest BCUT2D eigenvalue weighted by Crippen LogP contribution is 2.48. The van der Waals surface area contributed by atoms with E-state index in [1.165, 1.54) is 32.2 Å². The minimum atomic E-state index is 0.761. The quantitative estimate of drug-likeness (QED) is 0.568. The van der Waals surface area contributed by atoms with Gasteiger partial charge in [-0.25, -0.2) is 0 Å². The third-order valence-electron chi connectivity index (χ3n) is 2.31. The van der Waals surface area contributed by atoms with E-state index in [1.54, 1.807) is 0 Å². The first-order valence-electron chi connectivity index (χ1n) is 3.91. The largest absolute Gasteiger partial charge is 0.320 e. The normalized spacial score (nSPS) is 22.0. The Morgan fingerprint density at radius 1 is 1.44 bits per heavy atom. The van der Waals surface area contributed by atoms with E-state index in [4.69, 9.17) is 0 Å². The average Bonchev–Trinajstić information content (AvgIpc) is 2.50. The van der Waals surface area contributed by atoms with Crippen LogP contribution in [0.1, 0.15) is 32.6 Å². The van der Waals surface area contributed by atoms with Crippen molar-refractivity contribution in [3.05, 3.63) is 0 Å². The van der Waals surface area contributed by atoms with Crippen LogP contribution in [0, 0.1) is 5.41 Å². The average molecular weight is 127 g/mol. The van der Waals surface area contributed by atoms with Crippen molar-refractivity contribution in [1.29, 1.82) is 0 Å². The minimum Gasteiger partial charge on any atom is -0.320 e. The molecule has 0 saturated heterocycles. The molecule has 0 aliphatic heterocycles. The van der Waals surface area contributed by atoms with Crippen molar-refractivity contribution >= 4 is 0 Å². The minimum absolute atomic E-state index is 0.761. The maximum absolute atomic E-state index is 3.17. The Morgan fingerprint density at radius 2 is 2.11 bits per heavy atom. The van der Waals surface area contributed by atoms with Gasteiger partial charge in [0.15, 0.2) is 0 Å². The summed E-state index contributed by atoms with van der Waals surface area (Å²) in [7, 11) is 2.02. The third-order valence-corrected chi connectivity index (χ3v) is 2.31. The zero-order valence-electron chi connectivity index (χ0n) is 6.54. The van der Waals surface area contributed by atoms with E-state index in [0.717, 1.165) is 5.41 Å². The Bertz CT molecular complexity index is 84.6. The molecule has 1 heteroatoms. The Balaban J connectivity index is 1.92. The number of hydrogen-bond donors (Lipinski definition) is 1. The molecule has 1 N–H and O–H groups in total. The van der Waals surface area contributed by atoms with E-state index in [-0.39, 0.29) is 0 Å². The second-order valence-corrected chi connectivity index (χ2v) is 3.52. The van der Waals surface area contributed by atoms with E-state index >= 15 is 0 Å². The number of rotatable bonds is 4. The van der Waals surface area contributed by atoms with Crippen molar-refractivity contribution in [2.75, 3.05) is 13.6 Å². The van der Waals surface area contributed by atoms with E-state index in [9.17, 15) is 0 Å². The molecule has 1 aliphatic carbocycles. The number of hydrogen-bond acceptors (Lipinski definition) is 1. The lowest BCUT2D eigenvalue weighted by Crippen LogP contribution is -2.09. The van der Waals surface area contributed by atoms with Crippen LogP contribution < -0.4 is 5.32 Å². The molecule has 0 spiro atoms. The van der Waals surface area contributed by atoms with E-state index in [1.807, 2.05) is 7.05 Å². The molecular weight excluding hydrogens is 110 g/mol. The van der Waals surface area contributed by atoms with Gasteiger partial charge in [-0.3, -0.25) is 0 Å². The first-order chi connectivity index (χ1) is 4.27. The zero-order chi connectivity index (χ0) is 6.74. The van der Waals surface area contributed by atoms with Crippen molar-refractivity contribution in [2.24, 2.45) is 5.41 Å². The SMILES string of the molecule is CNCCCC1(C)CC1. The predicted octanol–water partition coefficient (Wildman–Crippen LogP) is 1.79. The maximum atomic E-state index is 3.17. The zero-order valence-corrected chi connectivity index (χ0v) is 6.54. The highest BCUT2D eigenvalue weighted by Gasteiger charge is 2.35. The smallest absolute Gasteiger partial charge is 0.00517 e. The second kappa shape index (κ2) is 2.70. The topological polar surface area (TPSA) is 12.0 Å². The van der Waals surface area contributed by atoms with Crippen LogP contribution in [-0.4, -0.2) is 13.6 Å². The van der Waals surface area contributed by atoms with Crippen molar-refractivity contribution in [2.45, 2.75) is 32.6 Å². The molecule has 0 unspecified atom stereocenters. The van der Waals surface area contributed by atoms with Crippen LogP contribution in [0.15, 0.2) is 0 Å². The van der Waals surface area contributed by atoms with Crippen LogP contribution in [0.4, 0.5) is 0 Å². The summed E-state index contributed by atoms with van der Waals surface area (Å²) in [6.07, 6.45) is 5.72. The third kappa shape index (κ3) is 2.35. The molecule has 1 saturated carbocycles. The molecule has 9 heavy (non-hydrogen) atoms. The van der Waals surface area contributed by atoms with E-state index < -0.39 is 0 Å². The lowest BCUT2D eigenvalue weighted by Gasteiger charge is -2.05. The van der Waals surface area contributed by atoms with Gasteiger partial charge < -0.3 is 5.32 Å². The highest BCUT2D eigenvalue weighted by atomic mass is 14.8. The fourth-order valence-corrected chi connectivity index (χ4v) is 1.16. The van der Waals surface area contributed by atoms with Crippen LogP contribution in [0.3, 0.4) is 0 Å². The van der Waals surface area contributed by atoms with Gasteiger partial charge in [-0.15, -0.1) is 0 Å². The molecule has 0 radical (unpaired) electrons. The monoisotopic (exact) mass is 127 g/mol. The fraction of sp³-hybridized carbons (Fsp3) is 1.00. The van der Waals surface area contributed by atoms with Crippen molar-refractivity contribution in [3.8, 4) is 0 Å². The first kappa shape index (κ1) is 7.07. The van der Waals surface area contributed by atoms with E-state index in [0.29, 0.717) is 0 Å². The van der Waals surface area contributed by atoms with E-state index in [2.05, 4.69) is 12.2 Å². The van der Waals surface area contributed by atoms with Crippen LogP contribution in [0.25, 0.3) is 0 Å². The van der Waals surface area contributed by atoms with Gasteiger partial charge in [0, 0.05) is 0 Å². The van der Waals surface area contributed by atoms with Crippen LogP contribution >= 0.6 is 0 Å². The van der Waals surface area contributed by atoms with Gasteiger partial charge in [0.1, 0.15) is 0 Å².